The fraction of sp³-hybridized carbons (Fsp3) is 0.368. The fourth-order valence-electron chi connectivity index (χ4n) is 3.59. The minimum atomic E-state index is -0.929. The molecule has 2 amide bonds. The van der Waals surface area contributed by atoms with Crippen LogP contribution in [0.2, 0.25) is 0 Å². The number of nitrogens with one attached hydrogen (secondary N) is 2. The molecule has 1 fully saturated rings. The second-order valence-electron chi connectivity index (χ2n) is 7.32. The minimum Gasteiger partial charge on any atom is -0.383 e. The van der Waals surface area contributed by atoms with E-state index in [1.807, 2.05) is 4.90 Å². The van der Waals surface area contributed by atoms with Gasteiger partial charge in [0.15, 0.2) is 0 Å². The molecule has 0 radical (unpaired) electrons. The number of nitrogens with zero attached hydrogens (tertiary/aromatic N) is 4. The first-order chi connectivity index (χ1) is 14.8. The monoisotopic (exact) mass is 427 g/mol. The molecule has 0 spiro atoms. The van der Waals surface area contributed by atoms with E-state index in [1.54, 1.807) is 13.0 Å². The van der Waals surface area contributed by atoms with Crippen LogP contribution in [0.1, 0.15) is 23.5 Å². The maximum Gasteiger partial charge on any atom is 0.271 e. The van der Waals surface area contributed by atoms with Gasteiger partial charge in [0.05, 0.1) is 35.3 Å². The molecule has 4 rings (SSSR count). The van der Waals surface area contributed by atoms with Gasteiger partial charge >= 0.3 is 0 Å². The van der Waals surface area contributed by atoms with Crippen LogP contribution in [0.4, 0.5) is 29.0 Å². The van der Waals surface area contributed by atoms with Crippen molar-refractivity contribution in [2.24, 2.45) is 0 Å². The topological polar surface area (TPSA) is 166 Å². The van der Waals surface area contributed by atoms with Crippen molar-refractivity contribution in [2.45, 2.75) is 19.3 Å². The number of fused-ring (bicyclic) bond motifs is 1. The summed E-state index contributed by atoms with van der Waals surface area (Å²) in [5.41, 5.74) is 7.29. The number of non-ortho nitro benzene ring substituents is 1. The van der Waals surface area contributed by atoms with Gasteiger partial charge in [0, 0.05) is 31.6 Å². The third-order valence-corrected chi connectivity index (χ3v) is 5.26. The Hall–Kier alpha value is -3.80. The molecular weight excluding hydrogens is 406 g/mol. The third kappa shape index (κ3) is 4.10. The molecule has 1 aromatic heterocycles. The first-order valence-corrected chi connectivity index (χ1v) is 9.69. The Balaban J connectivity index is 1.65. The number of aryl methyl sites for hydroxylation is 1. The average Bonchev–Trinajstić information content (AvgIpc) is 2.74. The van der Waals surface area contributed by atoms with Crippen LogP contribution < -0.4 is 21.3 Å². The van der Waals surface area contributed by atoms with Gasteiger partial charge in [0.25, 0.3) is 5.69 Å². The van der Waals surface area contributed by atoms with Gasteiger partial charge in [-0.25, -0.2) is 0 Å². The number of rotatable bonds is 4. The Morgan fingerprint density at radius 3 is 2.81 bits per heavy atom. The lowest BCUT2D eigenvalue weighted by Gasteiger charge is -2.30. The van der Waals surface area contributed by atoms with Crippen molar-refractivity contribution in [2.75, 3.05) is 47.6 Å². The number of carbonyl (C=O) groups excluding carboxylic acids is 2. The number of aromatic nitrogens is 2. The number of nitro groups is 1. The normalized spacial score (nSPS) is 18.2. The zero-order chi connectivity index (χ0) is 22.1. The van der Waals surface area contributed by atoms with Crippen molar-refractivity contribution >= 4 is 40.8 Å². The second kappa shape index (κ2) is 8.14. The molecule has 1 aromatic carbocycles. The zero-order valence-electron chi connectivity index (χ0n) is 16.8. The number of morpholine rings is 1. The Morgan fingerprint density at radius 1 is 1.35 bits per heavy atom. The molecule has 12 heteroatoms. The smallest absolute Gasteiger partial charge is 0.271 e. The molecule has 162 valence electrons. The largest absolute Gasteiger partial charge is 0.383 e. The molecule has 12 nitrogen and oxygen atoms in total. The first-order valence-electron chi connectivity index (χ1n) is 9.69. The summed E-state index contributed by atoms with van der Waals surface area (Å²) in [6.07, 6.45) is -0.142. The van der Waals surface area contributed by atoms with Crippen LogP contribution in [0, 0.1) is 17.0 Å². The number of hydrogen-bond acceptors (Lipinski definition) is 9. The molecule has 2 aromatic rings. The molecule has 1 unspecified atom stereocenters. The highest BCUT2D eigenvalue weighted by Crippen LogP contribution is 2.37. The number of carbonyl (C=O) groups is 2. The van der Waals surface area contributed by atoms with E-state index < -0.39 is 16.7 Å². The maximum atomic E-state index is 13.0. The van der Waals surface area contributed by atoms with Crippen molar-refractivity contribution in [1.29, 1.82) is 0 Å². The zero-order valence-corrected chi connectivity index (χ0v) is 16.8. The molecule has 0 aliphatic carbocycles. The number of anilines is 4. The molecule has 3 heterocycles. The van der Waals surface area contributed by atoms with Crippen LogP contribution in [0.3, 0.4) is 0 Å². The third-order valence-electron chi connectivity index (χ3n) is 5.26. The second-order valence-corrected chi connectivity index (χ2v) is 7.32. The maximum absolute atomic E-state index is 13.0. The molecule has 0 saturated carbocycles. The quantitative estimate of drug-likeness (QED) is 0.479. The van der Waals surface area contributed by atoms with Crippen molar-refractivity contribution in [3.63, 3.8) is 0 Å². The van der Waals surface area contributed by atoms with E-state index in [1.165, 1.54) is 12.1 Å². The summed E-state index contributed by atoms with van der Waals surface area (Å²) in [5.74, 6) is -1.18. The van der Waals surface area contributed by atoms with Gasteiger partial charge in [-0.15, -0.1) is 0 Å². The summed E-state index contributed by atoms with van der Waals surface area (Å²) in [6, 6.07) is 4.17. The van der Waals surface area contributed by atoms with E-state index in [9.17, 15) is 19.7 Å². The molecule has 0 bridgehead atoms. The Kier molecular flexibility index (Phi) is 5.38. The number of hydrogen-bond donors (Lipinski definition) is 3. The van der Waals surface area contributed by atoms with Crippen molar-refractivity contribution in [3.05, 3.63) is 39.4 Å². The van der Waals surface area contributed by atoms with Crippen LogP contribution in [0.5, 0.6) is 0 Å². The number of nitrogen functional groups attached to an aromatic ring is 1. The highest BCUT2D eigenvalue weighted by atomic mass is 16.6. The summed E-state index contributed by atoms with van der Waals surface area (Å²) in [7, 11) is 0. The van der Waals surface area contributed by atoms with Crippen LogP contribution in [-0.4, -0.2) is 53.0 Å². The number of nitro benzene ring substituents is 1. The predicted octanol–water partition coefficient (Wildman–Crippen LogP) is 1.18. The summed E-state index contributed by atoms with van der Waals surface area (Å²) in [4.78, 5) is 46.5. The van der Waals surface area contributed by atoms with E-state index >= 15 is 0 Å². The Morgan fingerprint density at radius 2 is 2.10 bits per heavy atom. The van der Waals surface area contributed by atoms with E-state index in [2.05, 4.69) is 20.6 Å². The number of benzene rings is 1. The summed E-state index contributed by atoms with van der Waals surface area (Å²) in [5, 5.41) is 16.4. The van der Waals surface area contributed by atoms with Gasteiger partial charge in [-0.1, -0.05) is 6.07 Å². The summed E-state index contributed by atoms with van der Waals surface area (Å²) < 4.78 is 5.33. The van der Waals surface area contributed by atoms with Crippen molar-refractivity contribution < 1.29 is 19.2 Å². The van der Waals surface area contributed by atoms with Gasteiger partial charge in [-0.05, 0) is 12.5 Å². The van der Waals surface area contributed by atoms with Crippen LogP contribution in [0.15, 0.2) is 18.2 Å². The lowest BCUT2D eigenvalue weighted by atomic mass is 9.91. The van der Waals surface area contributed by atoms with Crippen LogP contribution in [-0.2, 0) is 14.3 Å². The van der Waals surface area contributed by atoms with Gasteiger partial charge in [0.1, 0.15) is 11.6 Å². The van der Waals surface area contributed by atoms with E-state index in [4.69, 9.17) is 10.5 Å². The van der Waals surface area contributed by atoms with Gasteiger partial charge in [-0.3, -0.25) is 19.7 Å². The molecule has 2 aliphatic heterocycles. The standard InChI is InChI=1S/C19H21N7O5/c1-10-2-3-11(26(29)30)8-13(10)21-18(28)12-9-14(27)22-17-15(12)16(20)23-19(24-17)25-4-6-31-7-5-25/h2-3,8,12H,4-7,9H2,1H3,(H,21,28)(H3,20,22,23,24,27). The van der Waals surface area contributed by atoms with Gasteiger partial charge in [0.2, 0.25) is 17.8 Å². The van der Waals surface area contributed by atoms with Crippen molar-refractivity contribution in [3.8, 4) is 0 Å². The van der Waals surface area contributed by atoms with E-state index in [-0.39, 0.29) is 35.3 Å². The van der Waals surface area contributed by atoms with Crippen LogP contribution in [0.25, 0.3) is 0 Å². The number of amides is 2. The van der Waals surface area contributed by atoms with Crippen molar-refractivity contribution in [1.82, 2.24) is 9.97 Å². The number of nitrogens with two attached hydrogens (primary N) is 1. The number of ether oxygens (including phenoxy) is 1. The highest BCUT2D eigenvalue weighted by molar-refractivity contribution is 6.06. The molecule has 31 heavy (non-hydrogen) atoms. The molecule has 2 aliphatic rings. The van der Waals surface area contributed by atoms with Gasteiger partial charge in [-0.2, -0.15) is 9.97 Å². The molecule has 4 N–H and O–H groups in total. The predicted molar refractivity (Wildman–Crippen MR) is 112 cm³/mol. The lowest BCUT2D eigenvalue weighted by Crippen LogP contribution is -2.38. The SMILES string of the molecule is Cc1ccc([N+](=O)[O-])cc1NC(=O)C1CC(=O)Nc2nc(N3CCOCC3)nc(N)c21. The summed E-state index contributed by atoms with van der Waals surface area (Å²) in [6.45, 7) is 3.94. The Bertz CT molecular complexity index is 1070. The molecule has 1 atom stereocenters. The lowest BCUT2D eigenvalue weighted by molar-refractivity contribution is -0.384. The molecule has 1 saturated heterocycles. The minimum absolute atomic E-state index is 0.0995. The van der Waals surface area contributed by atoms with E-state index in [0.29, 0.717) is 43.4 Å². The fourth-order valence-corrected chi connectivity index (χ4v) is 3.59. The van der Waals surface area contributed by atoms with E-state index in [0.717, 1.165) is 0 Å². The van der Waals surface area contributed by atoms with Crippen LogP contribution >= 0.6 is 0 Å². The average molecular weight is 427 g/mol. The highest BCUT2D eigenvalue weighted by Gasteiger charge is 2.35. The van der Waals surface area contributed by atoms with Gasteiger partial charge < -0.3 is 26.0 Å². The summed E-state index contributed by atoms with van der Waals surface area (Å²) >= 11 is 0. The molecular formula is C19H21N7O5. The Labute approximate surface area is 176 Å². The first kappa shape index (κ1) is 20.5.